The Morgan fingerprint density at radius 3 is 2.72 bits per heavy atom. The first kappa shape index (κ1) is 16.6. The van der Waals surface area contributed by atoms with Crippen molar-refractivity contribution in [2.24, 2.45) is 0 Å². The first-order valence-electron chi connectivity index (χ1n) is 7.90. The van der Waals surface area contributed by atoms with E-state index in [1.807, 2.05) is 44.2 Å². The van der Waals surface area contributed by atoms with E-state index in [0.717, 1.165) is 22.4 Å². The topological polar surface area (TPSA) is 81.9 Å². The minimum Gasteiger partial charge on any atom is -0.438 e. The van der Waals surface area contributed by atoms with Crippen LogP contribution in [0.3, 0.4) is 0 Å². The molecule has 0 fully saturated rings. The van der Waals surface area contributed by atoms with Gasteiger partial charge < -0.3 is 10.1 Å². The Morgan fingerprint density at radius 2 is 2.00 bits per heavy atom. The van der Waals surface area contributed by atoms with Gasteiger partial charge >= 0.3 is 0 Å². The second kappa shape index (κ2) is 7.57. The summed E-state index contributed by atoms with van der Waals surface area (Å²) >= 11 is 0. The number of aryl methyl sites for hydroxylation is 2. The number of ether oxygens (including phenoxy) is 1. The second-order valence-electron chi connectivity index (χ2n) is 5.66. The lowest BCUT2D eigenvalue weighted by atomic mass is 10.1. The molecule has 7 heteroatoms. The summed E-state index contributed by atoms with van der Waals surface area (Å²) in [4.78, 5) is 20.1. The van der Waals surface area contributed by atoms with Crippen molar-refractivity contribution < 1.29 is 9.53 Å². The Hall–Kier alpha value is -3.22. The minimum absolute atomic E-state index is 0.118. The highest BCUT2D eigenvalue weighted by Crippen LogP contribution is 2.29. The Kier molecular flexibility index (Phi) is 5.03. The van der Waals surface area contributed by atoms with Gasteiger partial charge in [0.1, 0.15) is 24.9 Å². The fraction of sp³-hybridized carbons (Fsp3) is 0.222. The molecule has 3 aromatic rings. The van der Waals surface area contributed by atoms with E-state index in [1.165, 1.54) is 17.3 Å². The minimum atomic E-state index is -0.160. The van der Waals surface area contributed by atoms with E-state index in [2.05, 4.69) is 20.4 Å². The molecule has 0 bridgehead atoms. The van der Waals surface area contributed by atoms with Crippen molar-refractivity contribution in [1.82, 2.24) is 25.1 Å². The number of carbonyl (C=O) groups excluding carboxylic acids is 1. The summed E-state index contributed by atoms with van der Waals surface area (Å²) in [6.45, 7) is 4.42. The largest absolute Gasteiger partial charge is 0.438 e. The van der Waals surface area contributed by atoms with E-state index >= 15 is 0 Å². The zero-order chi connectivity index (χ0) is 17.6. The number of pyridine rings is 1. The number of rotatable bonds is 6. The van der Waals surface area contributed by atoms with Crippen LogP contribution in [-0.4, -0.2) is 25.7 Å². The first-order chi connectivity index (χ1) is 12.1. The number of para-hydroxylation sites is 1. The lowest BCUT2D eigenvalue weighted by Gasteiger charge is -2.14. The number of nitrogens with one attached hydrogen (secondary N) is 1. The number of nitrogens with zero attached hydrogens (tertiary/aromatic N) is 4. The predicted molar refractivity (Wildman–Crippen MR) is 92.1 cm³/mol. The molecule has 0 saturated heterocycles. The average Bonchev–Trinajstić information content (AvgIpc) is 3.10. The van der Waals surface area contributed by atoms with E-state index < -0.39 is 0 Å². The summed E-state index contributed by atoms with van der Waals surface area (Å²) in [5, 5.41) is 6.76. The second-order valence-corrected chi connectivity index (χ2v) is 5.66. The highest BCUT2D eigenvalue weighted by molar-refractivity contribution is 5.75. The molecule has 3 rings (SSSR count). The number of hydrogen-bond donors (Lipinski definition) is 1. The molecule has 0 atom stereocenters. The monoisotopic (exact) mass is 337 g/mol. The SMILES string of the molecule is Cc1cccc(C)c1Oc1ncccc1CNC(=O)Cn1cncn1. The van der Waals surface area contributed by atoms with Gasteiger partial charge in [0.15, 0.2) is 0 Å². The molecular weight excluding hydrogens is 318 g/mol. The molecule has 25 heavy (non-hydrogen) atoms. The van der Waals surface area contributed by atoms with Crippen LogP contribution in [0.15, 0.2) is 49.2 Å². The maximum Gasteiger partial charge on any atom is 0.242 e. The van der Waals surface area contributed by atoms with E-state index in [1.54, 1.807) is 6.20 Å². The summed E-state index contributed by atoms with van der Waals surface area (Å²) < 4.78 is 7.48. The Balaban J connectivity index is 1.69. The van der Waals surface area contributed by atoms with Gasteiger partial charge in [0, 0.05) is 18.3 Å². The van der Waals surface area contributed by atoms with E-state index in [9.17, 15) is 4.79 Å². The van der Waals surface area contributed by atoms with Gasteiger partial charge in [-0.2, -0.15) is 5.10 Å². The van der Waals surface area contributed by atoms with Crippen molar-refractivity contribution >= 4 is 5.91 Å². The summed E-state index contributed by atoms with van der Waals surface area (Å²) in [6, 6.07) is 9.67. The summed E-state index contributed by atoms with van der Waals surface area (Å²) in [5.74, 6) is 1.12. The van der Waals surface area contributed by atoms with Crippen LogP contribution >= 0.6 is 0 Å². The van der Waals surface area contributed by atoms with Crippen LogP contribution in [-0.2, 0) is 17.9 Å². The van der Waals surface area contributed by atoms with Crippen LogP contribution in [0.25, 0.3) is 0 Å². The maximum absolute atomic E-state index is 12.0. The molecule has 0 spiro atoms. The van der Waals surface area contributed by atoms with Crippen molar-refractivity contribution in [3.05, 3.63) is 65.9 Å². The normalized spacial score (nSPS) is 10.5. The Morgan fingerprint density at radius 1 is 1.20 bits per heavy atom. The van der Waals surface area contributed by atoms with Gasteiger partial charge in [-0.15, -0.1) is 0 Å². The maximum atomic E-state index is 12.0. The van der Waals surface area contributed by atoms with Crippen LogP contribution in [0, 0.1) is 13.8 Å². The standard InChI is InChI=1S/C18H19N5O2/c1-13-5-3-6-14(2)17(13)25-18-15(7-4-8-20-18)9-21-16(24)10-23-12-19-11-22-23/h3-8,11-12H,9-10H2,1-2H3,(H,21,24). The van der Waals surface area contributed by atoms with Crippen molar-refractivity contribution in [2.45, 2.75) is 26.9 Å². The number of aromatic nitrogens is 4. The lowest BCUT2D eigenvalue weighted by molar-refractivity contribution is -0.122. The van der Waals surface area contributed by atoms with Crippen LogP contribution < -0.4 is 10.1 Å². The highest BCUT2D eigenvalue weighted by Gasteiger charge is 2.11. The van der Waals surface area contributed by atoms with Crippen LogP contribution in [0.5, 0.6) is 11.6 Å². The molecule has 1 amide bonds. The molecule has 0 unspecified atom stereocenters. The number of amides is 1. The summed E-state index contributed by atoms with van der Waals surface area (Å²) in [6.07, 6.45) is 4.56. The van der Waals surface area contributed by atoms with E-state index in [4.69, 9.17) is 4.74 Å². The third-order valence-corrected chi connectivity index (χ3v) is 3.71. The molecule has 0 radical (unpaired) electrons. The van der Waals surface area contributed by atoms with Crippen molar-refractivity contribution in [1.29, 1.82) is 0 Å². The van der Waals surface area contributed by atoms with Crippen LogP contribution in [0.2, 0.25) is 0 Å². The Labute approximate surface area is 145 Å². The van der Waals surface area contributed by atoms with Crippen molar-refractivity contribution in [2.75, 3.05) is 0 Å². The van der Waals surface area contributed by atoms with Crippen molar-refractivity contribution in [3.8, 4) is 11.6 Å². The van der Waals surface area contributed by atoms with Gasteiger partial charge in [0.05, 0.1) is 0 Å². The van der Waals surface area contributed by atoms with Gasteiger partial charge in [-0.1, -0.05) is 24.3 Å². The lowest BCUT2D eigenvalue weighted by Crippen LogP contribution is -2.27. The molecule has 0 aliphatic carbocycles. The molecule has 1 N–H and O–H groups in total. The third-order valence-electron chi connectivity index (χ3n) is 3.71. The van der Waals surface area contributed by atoms with Crippen LogP contribution in [0.4, 0.5) is 0 Å². The molecule has 7 nitrogen and oxygen atoms in total. The number of hydrogen-bond acceptors (Lipinski definition) is 5. The van der Waals surface area contributed by atoms with Gasteiger partial charge in [0.25, 0.3) is 0 Å². The third kappa shape index (κ3) is 4.20. The van der Waals surface area contributed by atoms with Crippen LogP contribution in [0.1, 0.15) is 16.7 Å². The molecule has 2 heterocycles. The Bertz CT molecular complexity index is 841. The number of carbonyl (C=O) groups is 1. The number of benzene rings is 1. The molecule has 0 aliphatic heterocycles. The molecular formula is C18H19N5O2. The fourth-order valence-corrected chi connectivity index (χ4v) is 2.42. The molecule has 0 saturated carbocycles. The van der Waals surface area contributed by atoms with E-state index in [0.29, 0.717) is 12.4 Å². The van der Waals surface area contributed by atoms with Gasteiger partial charge in [-0.25, -0.2) is 14.6 Å². The molecule has 2 aromatic heterocycles. The highest BCUT2D eigenvalue weighted by atomic mass is 16.5. The van der Waals surface area contributed by atoms with Gasteiger partial charge in [0.2, 0.25) is 11.8 Å². The van der Waals surface area contributed by atoms with Gasteiger partial charge in [-0.3, -0.25) is 4.79 Å². The quantitative estimate of drug-likeness (QED) is 0.747. The molecule has 1 aromatic carbocycles. The van der Waals surface area contributed by atoms with E-state index in [-0.39, 0.29) is 12.5 Å². The summed E-state index contributed by atoms with van der Waals surface area (Å²) in [5.41, 5.74) is 2.87. The molecule has 0 aliphatic rings. The zero-order valence-corrected chi connectivity index (χ0v) is 14.1. The fourth-order valence-electron chi connectivity index (χ4n) is 2.42. The average molecular weight is 337 g/mol. The summed E-state index contributed by atoms with van der Waals surface area (Å²) in [7, 11) is 0. The predicted octanol–water partition coefficient (Wildman–Crippen LogP) is 2.40. The van der Waals surface area contributed by atoms with Crippen molar-refractivity contribution in [3.63, 3.8) is 0 Å². The zero-order valence-electron chi connectivity index (χ0n) is 14.1. The molecule has 128 valence electrons. The smallest absolute Gasteiger partial charge is 0.242 e. The first-order valence-corrected chi connectivity index (χ1v) is 7.90. The van der Waals surface area contributed by atoms with Gasteiger partial charge in [-0.05, 0) is 31.0 Å².